The average molecular weight is 233 g/mol. The van der Waals surface area contributed by atoms with Crippen molar-refractivity contribution < 1.29 is 4.79 Å². The summed E-state index contributed by atoms with van der Waals surface area (Å²) in [6.07, 6.45) is 2.59. The van der Waals surface area contributed by atoms with Crippen molar-refractivity contribution in [2.45, 2.75) is 19.4 Å². The monoisotopic (exact) mass is 233 g/mol. The van der Waals surface area contributed by atoms with E-state index in [0.29, 0.717) is 6.54 Å². The van der Waals surface area contributed by atoms with E-state index in [9.17, 15) is 4.79 Å². The van der Waals surface area contributed by atoms with Crippen LogP contribution in [-0.4, -0.2) is 25.5 Å². The van der Waals surface area contributed by atoms with Crippen molar-refractivity contribution in [3.63, 3.8) is 0 Å². The van der Waals surface area contributed by atoms with Gasteiger partial charge >= 0.3 is 0 Å². The van der Waals surface area contributed by atoms with Crippen LogP contribution in [0.1, 0.15) is 18.4 Å². The summed E-state index contributed by atoms with van der Waals surface area (Å²) in [5.74, 6) is -0.321. The van der Waals surface area contributed by atoms with Crippen LogP contribution in [0.3, 0.4) is 0 Å². The van der Waals surface area contributed by atoms with Crippen molar-refractivity contribution in [1.82, 2.24) is 5.32 Å². The van der Waals surface area contributed by atoms with Gasteiger partial charge in [0.05, 0.1) is 6.54 Å². The number of primary amides is 1. The Morgan fingerprint density at radius 1 is 1.24 bits per heavy atom. The largest absolute Gasteiger partial charge is 0.372 e. The number of hydrogen-bond donors (Lipinski definition) is 2. The van der Waals surface area contributed by atoms with E-state index in [0.717, 1.165) is 0 Å². The number of nitrogens with one attached hydrogen (secondary N) is 1. The molecule has 0 atom stereocenters. The van der Waals surface area contributed by atoms with Gasteiger partial charge in [0.15, 0.2) is 0 Å². The lowest BCUT2D eigenvalue weighted by Crippen LogP contribution is -2.28. The highest BCUT2D eigenvalue weighted by Gasteiger charge is 2.11. The van der Waals surface area contributed by atoms with Crippen LogP contribution in [0.25, 0.3) is 0 Å². The Morgan fingerprint density at radius 3 is 2.47 bits per heavy atom. The quantitative estimate of drug-likeness (QED) is 0.793. The van der Waals surface area contributed by atoms with Crippen molar-refractivity contribution in [2.75, 3.05) is 24.5 Å². The molecule has 4 heteroatoms. The number of anilines is 1. The highest BCUT2D eigenvalue weighted by atomic mass is 16.1. The fourth-order valence-electron chi connectivity index (χ4n) is 2.13. The Hall–Kier alpha value is -1.55. The van der Waals surface area contributed by atoms with E-state index in [1.807, 2.05) is 0 Å². The van der Waals surface area contributed by atoms with Gasteiger partial charge in [-0.3, -0.25) is 4.79 Å². The first-order valence-corrected chi connectivity index (χ1v) is 6.08. The van der Waals surface area contributed by atoms with Gasteiger partial charge in [0.25, 0.3) is 0 Å². The number of nitrogens with zero attached hydrogens (tertiary/aromatic N) is 1. The zero-order valence-electron chi connectivity index (χ0n) is 9.98. The van der Waals surface area contributed by atoms with Crippen molar-refractivity contribution in [3.05, 3.63) is 29.8 Å². The predicted molar refractivity (Wildman–Crippen MR) is 68.8 cm³/mol. The lowest BCUT2D eigenvalue weighted by molar-refractivity contribution is -0.117. The summed E-state index contributed by atoms with van der Waals surface area (Å²) in [6.45, 7) is 3.25. The molecule has 0 saturated carbocycles. The van der Waals surface area contributed by atoms with Gasteiger partial charge in [-0.1, -0.05) is 12.1 Å². The van der Waals surface area contributed by atoms with Crippen molar-refractivity contribution in [3.8, 4) is 0 Å². The molecule has 92 valence electrons. The minimum absolute atomic E-state index is 0.230. The number of benzene rings is 1. The Labute approximate surface area is 102 Å². The van der Waals surface area contributed by atoms with E-state index in [4.69, 9.17) is 5.73 Å². The number of carbonyl (C=O) groups is 1. The molecule has 4 nitrogen and oxygen atoms in total. The average Bonchev–Trinajstić information content (AvgIpc) is 2.83. The van der Waals surface area contributed by atoms with E-state index in [1.54, 1.807) is 0 Å². The molecule has 0 spiro atoms. The van der Waals surface area contributed by atoms with Crippen LogP contribution < -0.4 is 16.0 Å². The minimum atomic E-state index is -0.321. The molecule has 1 saturated heterocycles. The topological polar surface area (TPSA) is 58.4 Å². The molecule has 0 unspecified atom stereocenters. The molecule has 17 heavy (non-hydrogen) atoms. The van der Waals surface area contributed by atoms with Gasteiger partial charge < -0.3 is 16.0 Å². The number of carbonyl (C=O) groups excluding carboxylic acids is 1. The van der Waals surface area contributed by atoms with E-state index in [-0.39, 0.29) is 12.5 Å². The maximum atomic E-state index is 10.6. The van der Waals surface area contributed by atoms with Crippen LogP contribution in [-0.2, 0) is 11.3 Å². The zero-order valence-corrected chi connectivity index (χ0v) is 9.98. The molecule has 0 aromatic heterocycles. The minimum Gasteiger partial charge on any atom is -0.372 e. The third-order valence-electron chi connectivity index (χ3n) is 3.04. The maximum absolute atomic E-state index is 10.6. The molecule has 0 radical (unpaired) electrons. The summed E-state index contributed by atoms with van der Waals surface area (Å²) in [6, 6.07) is 8.49. The summed E-state index contributed by atoms with van der Waals surface area (Å²) in [7, 11) is 0. The highest BCUT2D eigenvalue weighted by molar-refractivity contribution is 5.75. The Morgan fingerprint density at radius 2 is 1.88 bits per heavy atom. The second-order valence-corrected chi connectivity index (χ2v) is 4.43. The zero-order chi connectivity index (χ0) is 12.1. The number of amides is 1. The first kappa shape index (κ1) is 11.9. The Kier molecular flexibility index (Phi) is 3.98. The maximum Gasteiger partial charge on any atom is 0.231 e. The smallest absolute Gasteiger partial charge is 0.231 e. The molecule has 3 N–H and O–H groups in total. The van der Waals surface area contributed by atoms with Gasteiger partial charge in [-0.15, -0.1) is 0 Å². The predicted octanol–water partition coefficient (Wildman–Crippen LogP) is 0.862. The van der Waals surface area contributed by atoms with E-state index in [2.05, 4.69) is 34.5 Å². The molecule has 1 fully saturated rings. The summed E-state index contributed by atoms with van der Waals surface area (Å²) in [5, 5.41) is 3.00. The fraction of sp³-hybridized carbons (Fsp3) is 0.462. The van der Waals surface area contributed by atoms with Gasteiger partial charge in [0, 0.05) is 25.3 Å². The number of rotatable bonds is 5. The number of nitrogens with two attached hydrogens (primary N) is 1. The molecule has 2 rings (SSSR count). The Balaban J connectivity index is 1.86. The molecule has 0 bridgehead atoms. The molecule has 1 aliphatic heterocycles. The molecule has 1 aliphatic rings. The molecular formula is C13H19N3O. The summed E-state index contributed by atoms with van der Waals surface area (Å²) < 4.78 is 0. The van der Waals surface area contributed by atoms with Gasteiger partial charge in [0.2, 0.25) is 5.91 Å². The SMILES string of the molecule is NC(=O)CNCc1ccc(N2CCCC2)cc1. The lowest BCUT2D eigenvalue weighted by Gasteiger charge is -2.17. The molecule has 0 aliphatic carbocycles. The first-order chi connectivity index (χ1) is 8.25. The van der Waals surface area contributed by atoms with E-state index < -0.39 is 0 Å². The van der Waals surface area contributed by atoms with Crippen LogP contribution in [0.2, 0.25) is 0 Å². The van der Waals surface area contributed by atoms with Crippen LogP contribution >= 0.6 is 0 Å². The van der Waals surface area contributed by atoms with Crippen molar-refractivity contribution in [1.29, 1.82) is 0 Å². The third-order valence-corrected chi connectivity index (χ3v) is 3.04. The van der Waals surface area contributed by atoms with E-state index in [1.165, 1.54) is 37.2 Å². The van der Waals surface area contributed by atoms with Crippen LogP contribution in [0.5, 0.6) is 0 Å². The summed E-state index contributed by atoms with van der Waals surface area (Å²) >= 11 is 0. The van der Waals surface area contributed by atoms with Gasteiger partial charge in [-0.25, -0.2) is 0 Å². The second-order valence-electron chi connectivity index (χ2n) is 4.43. The summed E-state index contributed by atoms with van der Waals surface area (Å²) in [5.41, 5.74) is 7.52. The Bertz CT molecular complexity index is 369. The second kappa shape index (κ2) is 5.68. The number of hydrogen-bond acceptors (Lipinski definition) is 3. The lowest BCUT2D eigenvalue weighted by atomic mass is 10.2. The van der Waals surface area contributed by atoms with Crippen LogP contribution in [0, 0.1) is 0 Å². The standard InChI is InChI=1S/C13H19N3O/c14-13(17)10-15-9-11-3-5-12(6-4-11)16-7-1-2-8-16/h3-6,15H,1-2,7-10H2,(H2,14,17). The molecular weight excluding hydrogens is 214 g/mol. The molecule has 1 heterocycles. The normalized spacial score (nSPS) is 15.2. The summed E-state index contributed by atoms with van der Waals surface area (Å²) in [4.78, 5) is 13.0. The fourth-order valence-corrected chi connectivity index (χ4v) is 2.13. The van der Waals surface area contributed by atoms with Gasteiger partial charge in [-0.05, 0) is 30.5 Å². The van der Waals surface area contributed by atoms with Crippen LogP contribution in [0.4, 0.5) is 5.69 Å². The highest BCUT2D eigenvalue weighted by Crippen LogP contribution is 2.20. The molecule has 1 aromatic rings. The van der Waals surface area contributed by atoms with Crippen molar-refractivity contribution in [2.24, 2.45) is 5.73 Å². The van der Waals surface area contributed by atoms with Crippen LogP contribution in [0.15, 0.2) is 24.3 Å². The molecule has 1 aromatic carbocycles. The molecule has 1 amide bonds. The third kappa shape index (κ3) is 3.46. The van der Waals surface area contributed by atoms with Gasteiger partial charge in [-0.2, -0.15) is 0 Å². The van der Waals surface area contributed by atoms with Gasteiger partial charge in [0.1, 0.15) is 0 Å². The van der Waals surface area contributed by atoms with E-state index >= 15 is 0 Å². The van der Waals surface area contributed by atoms with Crippen molar-refractivity contribution >= 4 is 11.6 Å². The first-order valence-electron chi connectivity index (χ1n) is 6.08.